The van der Waals surface area contributed by atoms with Gasteiger partial charge in [0, 0.05) is 23.1 Å². The molecule has 0 aromatic heterocycles. The summed E-state index contributed by atoms with van der Waals surface area (Å²) in [7, 11) is 0. The maximum Gasteiger partial charge on any atom is 0.0483 e. The minimum atomic E-state index is 0.143. The summed E-state index contributed by atoms with van der Waals surface area (Å²) in [6, 6.07) is 0. The summed E-state index contributed by atoms with van der Waals surface area (Å²) in [6.07, 6.45) is 2.35. The van der Waals surface area contributed by atoms with Gasteiger partial charge in [-0.25, -0.2) is 0 Å². The Kier molecular flexibility index (Phi) is 3.39. The van der Waals surface area contributed by atoms with Gasteiger partial charge in [-0.15, -0.1) is 0 Å². The minimum Gasteiger partial charge on any atom is -0.396 e. The normalized spacial score (nSPS) is 32.4. The second-order valence-electron chi connectivity index (χ2n) is 2.95. The lowest BCUT2D eigenvalue weighted by molar-refractivity contribution is 0.0758. The maximum absolute atomic E-state index is 8.79. The third-order valence-corrected chi connectivity index (χ3v) is 3.27. The van der Waals surface area contributed by atoms with E-state index in [1.807, 2.05) is 0 Å². The summed E-state index contributed by atoms with van der Waals surface area (Å²) >= 11 is 2.41. The van der Waals surface area contributed by atoms with Crippen LogP contribution in [0.15, 0.2) is 0 Å². The molecule has 0 spiro atoms. The first-order valence-electron chi connectivity index (χ1n) is 3.63. The molecule has 0 aromatic rings. The van der Waals surface area contributed by atoms with Crippen LogP contribution in [0.1, 0.15) is 12.8 Å². The Balaban J connectivity index is 2.21. The zero-order valence-corrected chi connectivity index (χ0v) is 7.99. The molecule has 1 aliphatic rings. The predicted octanol–water partition coefficient (Wildman–Crippen LogP) is 0.801. The zero-order chi connectivity index (χ0) is 7.56. The summed E-state index contributed by atoms with van der Waals surface area (Å²) in [6.45, 7) is 0.287. The highest BCUT2D eigenvalue weighted by atomic mass is 127. The molecule has 1 saturated carbocycles. The topological polar surface area (TPSA) is 40.5 Å². The average molecular weight is 256 g/mol. The van der Waals surface area contributed by atoms with Gasteiger partial charge in [-0.1, -0.05) is 22.6 Å². The highest BCUT2D eigenvalue weighted by Gasteiger charge is 2.32. The van der Waals surface area contributed by atoms with E-state index in [2.05, 4.69) is 22.6 Å². The van der Waals surface area contributed by atoms with E-state index < -0.39 is 0 Å². The molecular weight excluding hydrogens is 243 g/mol. The van der Waals surface area contributed by atoms with Gasteiger partial charge in [-0.05, 0) is 18.8 Å². The Morgan fingerprint density at radius 3 is 2.10 bits per heavy atom. The number of hydrogen-bond donors (Lipinski definition) is 2. The monoisotopic (exact) mass is 256 g/mol. The molecule has 2 N–H and O–H groups in total. The highest BCUT2D eigenvalue weighted by Crippen LogP contribution is 2.38. The van der Waals surface area contributed by atoms with Crippen molar-refractivity contribution in [1.29, 1.82) is 0 Å². The van der Waals surface area contributed by atoms with Crippen LogP contribution >= 0.6 is 22.6 Å². The molecule has 0 atom stereocenters. The van der Waals surface area contributed by atoms with Crippen molar-refractivity contribution in [3.05, 3.63) is 0 Å². The fourth-order valence-electron chi connectivity index (χ4n) is 1.33. The Morgan fingerprint density at radius 1 is 1.30 bits per heavy atom. The molecule has 2 nitrogen and oxygen atoms in total. The van der Waals surface area contributed by atoms with Gasteiger partial charge in [0.1, 0.15) is 0 Å². The van der Waals surface area contributed by atoms with Crippen molar-refractivity contribution in [3.63, 3.8) is 0 Å². The molecule has 0 saturated heterocycles. The molecule has 1 rings (SSSR count). The summed E-state index contributed by atoms with van der Waals surface area (Å²) in [5.74, 6) is 0.725. The van der Waals surface area contributed by atoms with Gasteiger partial charge in [-0.2, -0.15) is 0 Å². The standard InChI is InChI=1S/C7H13IO2/c8-7-1-5(2-7)6(3-9)4-10/h5-7,9-10H,1-4H2. The molecule has 10 heavy (non-hydrogen) atoms. The molecule has 0 aliphatic heterocycles. The third-order valence-electron chi connectivity index (χ3n) is 2.25. The molecule has 0 bridgehead atoms. The van der Waals surface area contributed by atoms with Crippen LogP contribution in [-0.2, 0) is 0 Å². The number of aliphatic hydroxyl groups is 2. The van der Waals surface area contributed by atoms with Gasteiger partial charge in [0.15, 0.2) is 0 Å². The van der Waals surface area contributed by atoms with Crippen molar-refractivity contribution in [2.24, 2.45) is 11.8 Å². The van der Waals surface area contributed by atoms with Gasteiger partial charge in [0.05, 0.1) is 0 Å². The van der Waals surface area contributed by atoms with E-state index in [9.17, 15) is 0 Å². The summed E-state index contributed by atoms with van der Waals surface area (Å²) in [4.78, 5) is 0. The van der Waals surface area contributed by atoms with Gasteiger partial charge >= 0.3 is 0 Å². The molecule has 0 radical (unpaired) electrons. The summed E-state index contributed by atoms with van der Waals surface area (Å²) < 4.78 is 0.781. The van der Waals surface area contributed by atoms with Crippen LogP contribution < -0.4 is 0 Å². The lowest BCUT2D eigenvalue weighted by Gasteiger charge is -2.36. The van der Waals surface area contributed by atoms with Crippen molar-refractivity contribution in [2.75, 3.05) is 13.2 Å². The average Bonchev–Trinajstić information content (AvgIpc) is 1.87. The zero-order valence-electron chi connectivity index (χ0n) is 5.83. The molecule has 0 unspecified atom stereocenters. The molecule has 3 heteroatoms. The third kappa shape index (κ3) is 1.83. The number of aliphatic hydroxyl groups excluding tert-OH is 2. The van der Waals surface area contributed by atoms with Crippen LogP contribution in [0, 0.1) is 11.8 Å². The molecular formula is C7H13IO2. The van der Waals surface area contributed by atoms with Crippen molar-refractivity contribution >= 4 is 22.6 Å². The fourth-order valence-corrected chi connectivity index (χ4v) is 2.64. The van der Waals surface area contributed by atoms with Crippen LogP contribution in [0.25, 0.3) is 0 Å². The summed E-state index contributed by atoms with van der Waals surface area (Å²) in [5.41, 5.74) is 0. The fraction of sp³-hybridized carbons (Fsp3) is 1.00. The molecule has 1 fully saturated rings. The molecule has 0 amide bonds. The van der Waals surface area contributed by atoms with Crippen molar-refractivity contribution in [1.82, 2.24) is 0 Å². The van der Waals surface area contributed by atoms with Crippen LogP contribution in [0.2, 0.25) is 0 Å². The van der Waals surface area contributed by atoms with E-state index in [-0.39, 0.29) is 19.1 Å². The van der Waals surface area contributed by atoms with E-state index >= 15 is 0 Å². The second kappa shape index (κ2) is 3.88. The highest BCUT2D eigenvalue weighted by molar-refractivity contribution is 14.1. The number of rotatable bonds is 3. The number of hydrogen-bond acceptors (Lipinski definition) is 2. The van der Waals surface area contributed by atoms with Gasteiger partial charge in [0.2, 0.25) is 0 Å². The molecule has 0 aromatic carbocycles. The maximum atomic E-state index is 8.79. The minimum absolute atomic E-state index is 0.143. The smallest absolute Gasteiger partial charge is 0.0483 e. The molecule has 0 heterocycles. The summed E-state index contributed by atoms with van der Waals surface area (Å²) in [5, 5.41) is 17.6. The number of halogens is 1. The van der Waals surface area contributed by atoms with E-state index in [0.717, 1.165) is 3.92 Å². The van der Waals surface area contributed by atoms with Gasteiger partial charge in [-0.3, -0.25) is 0 Å². The van der Waals surface area contributed by atoms with Crippen molar-refractivity contribution in [3.8, 4) is 0 Å². The van der Waals surface area contributed by atoms with Crippen LogP contribution in [0.3, 0.4) is 0 Å². The van der Waals surface area contributed by atoms with E-state index in [1.165, 1.54) is 12.8 Å². The van der Waals surface area contributed by atoms with Gasteiger partial charge in [0.25, 0.3) is 0 Å². The van der Waals surface area contributed by atoms with Crippen LogP contribution in [0.4, 0.5) is 0 Å². The van der Waals surface area contributed by atoms with Crippen molar-refractivity contribution in [2.45, 2.75) is 16.8 Å². The predicted molar refractivity (Wildman–Crippen MR) is 48.2 cm³/mol. The number of alkyl halides is 1. The Labute approximate surface area is 74.8 Å². The first-order chi connectivity index (χ1) is 4.77. The molecule has 1 aliphatic carbocycles. The van der Waals surface area contributed by atoms with Crippen LogP contribution in [-0.4, -0.2) is 27.4 Å². The Bertz CT molecular complexity index is 97.8. The van der Waals surface area contributed by atoms with Crippen molar-refractivity contribution < 1.29 is 10.2 Å². The first kappa shape index (κ1) is 8.74. The lowest BCUT2D eigenvalue weighted by Crippen LogP contribution is -2.34. The lowest BCUT2D eigenvalue weighted by atomic mass is 9.76. The SMILES string of the molecule is OCC(CO)C1CC(I)C1. The second-order valence-corrected chi connectivity index (χ2v) is 4.72. The van der Waals surface area contributed by atoms with E-state index in [4.69, 9.17) is 10.2 Å². The van der Waals surface area contributed by atoms with Gasteiger partial charge < -0.3 is 10.2 Å². The van der Waals surface area contributed by atoms with E-state index in [0.29, 0.717) is 5.92 Å². The molecule has 60 valence electrons. The van der Waals surface area contributed by atoms with Crippen LogP contribution in [0.5, 0.6) is 0 Å². The van der Waals surface area contributed by atoms with E-state index in [1.54, 1.807) is 0 Å². The Hall–Kier alpha value is 0.650. The first-order valence-corrected chi connectivity index (χ1v) is 4.88. The largest absolute Gasteiger partial charge is 0.396 e. The quantitative estimate of drug-likeness (QED) is 0.579. The Morgan fingerprint density at radius 2 is 1.80 bits per heavy atom.